The van der Waals surface area contributed by atoms with E-state index in [9.17, 15) is 4.79 Å². The van der Waals surface area contributed by atoms with Crippen molar-refractivity contribution in [1.82, 2.24) is 4.90 Å². The minimum atomic E-state index is 0.129. The smallest absolute Gasteiger partial charge is 0.231 e. The molecule has 0 fully saturated rings. The molecular weight excluding hydrogens is 354 g/mol. The van der Waals surface area contributed by atoms with Crippen LogP contribution in [0.25, 0.3) is 6.08 Å². The van der Waals surface area contributed by atoms with Crippen molar-refractivity contribution in [3.05, 3.63) is 59.7 Å². The van der Waals surface area contributed by atoms with Crippen LogP contribution in [0.5, 0.6) is 17.2 Å². The summed E-state index contributed by atoms with van der Waals surface area (Å²) in [5.74, 6) is 2.59. The quantitative estimate of drug-likeness (QED) is 0.583. The Morgan fingerprint density at radius 1 is 1.11 bits per heavy atom. The SMILES string of the molecule is CCOc1ccc(/C=C/C(=O)CCN(C)CCc2ccc3c(c2)OCO3)cc1. The third kappa shape index (κ3) is 5.86. The van der Waals surface area contributed by atoms with Gasteiger partial charge in [-0.05, 0) is 61.9 Å². The van der Waals surface area contributed by atoms with E-state index < -0.39 is 0 Å². The van der Waals surface area contributed by atoms with Crippen molar-refractivity contribution in [2.24, 2.45) is 0 Å². The molecule has 5 heteroatoms. The van der Waals surface area contributed by atoms with E-state index in [4.69, 9.17) is 14.2 Å². The van der Waals surface area contributed by atoms with E-state index in [1.165, 1.54) is 5.56 Å². The molecule has 0 aromatic heterocycles. The van der Waals surface area contributed by atoms with Gasteiger partial charge in [-0.1, -0.05) is 24.3 Å². The van der Waals surface area contributed by atoms with Crippen molar-refractivity contribution >= 4 is 11.9 Å². The molecular formula is C23H27NO4. The number of ketones is 1. The molecule has 5 nitrogen and oxygen atoms in total. The second kappa shape index (κ2) is 9.95. The van der Waals surface area contributed by atoms with Crippen LogP contribution < -0.4 is 14.2 Å². The first-order chi connectivity index (χ1) is 13.6. The lowest BCUT2D eigenvalue weighted by Gasteiger charge is -2.15. The molecule has 0 unspecified atom stereocenters. The fraction of sp³-hybridized carbons (Fsp3) is 0.348. The summed E-state index contributed by atoms with van der Waals surface area (Å²) < 4.78 is 16.2. The van der Waals surface area contributed by atoms with Gasteiger partial charge in [-0.2, -0.15) is 0 Å². The van der Waals surface area contributed by atoms with Gasteiger partial charge >= 0.3 is 0 Å². The zero-order valence-corrected chi connectivity index (χ0v) is 16.5. The number of hydrogen-bond acceptors (Lipinski definition) is 5. The number of hydrogen-bond donors (Lipinski definition) is 0. The Balaban J connectivity index is 1.38. The van der Waals surface area contributed by atoms with Gasteiger partial charge in [0, 0.05) is 19.5 Å². The summed E-state index contributed by atoms with van der Waals surface area (Å²) in [7, 11) is 2.04. The monoisotopic (exact) mass is 381 g/mol. The number of carbonyl (C=O) groups is 1. The summed E-state index contributed by atoms with van der Waals surface area (Å²) in [6.45, 7) is 4.52. The first-order valence-electron chi connectivity index (χ1n) is 9.65. The molecule has 0 radical (unpaired) electrons. The van der Waals surface area contributed by atoms with Gasteiger partial charge in [0.15, 0.2) is 17.3 Å². The third-order valence-corrected chi connectivity index (χ3v) is 4.61. The van der Waals surface area contributed by atoms with Crippen molar-refractivity contribution in [2.75, 3.05) is 33.5 Å². The van der Waals surface area contributed by atoms with Gasteiger partial charge < -0.3 is 19.1 Å². The molecule has 0 saturated heterocycles. The maximum atomic E-state index is 12.1. The molecule has 28 heavy (non-hydrogen) atoms. The predicted octanol–water partition coefficient (Wildman–Crippen LogP) is 3.96. The van der Waals surface area contributed by atoms with Crippen LogP contribution in [0, 0.1) is 0 Å². The number of rotatable bonds is 10. The molecule has 0 bridgehead atoms. The molecule has 1 aliphatic rings. The van der Waals surface area contributed by atoms with Gasteiger partial charge in [-0.25, -0.2) is 0 Å². The van der Waals surface area contributed by atoms with E-state index in [0.29, 0.717) is 19.8 Å². The van der Waals surface area contributed by atoms with E-state index in [-0.39, 0.29) is 5.78 Å². The van der Waals surface area contributed by atoms with Gasteiger partial charge in [0.25, 0.3) is 0 Å². The molecule has 1 heterocycles. The number of ether oxygens (including phenoxy) is 3. The van der Waals surface area contributed by atoms with Crippen molar-refractivity contribution in [1.29, 1.82) is 0 Å². The van der Waals surface area contributed by atoms with Gasteiger partial charge in [0.2, 0.25) is 6.79 Å². The fourth-order valence-electron chi connectivity index (χ4n) is 2.94. The van der Waals surface area contributed by atoms with Crippen LogP contribution in [0.2, 0.25) is 0 Å². The average Bonchev–Trinajstić information content (AvgIpc) is 3.18. The Morgan fingerprint density at radius 2 is 1.89 bits per heavy atom. The zero-order chi connectivity index (χ0) is 19.8. The fourth-order valence-corrected chi connectivity index (χ4v) is 2.94. The predicted molar refractivity (Wildman–Crippen MR) is 110 cm³/mol. The Morgan fingerprint density at radius 3 is 2.68 bits per heavy atom. The molecule has 148 valence electrons. The average molecular weight is 381 g/mol. The second-order valence-corrected chi connectivity index (χ2v) is 6.79. The van der Waals surface area contributed by atoms with Crippen LogP contribution in [0.1, 0.15) is 24.5 Å². The molecule has 3 rings (SSSR count). The van der Waals surface area contributed by atoms with E-state index in [1.807, 2.05) is 56.4 Å². The largest absolute Gasteiger partial charge is 0.494 e. The summed E-state index contributed by atoms with van der Waals surface area (Å²) in [5, 5.41) is 0. The summed E-state index contributed by atoms with van der Waals surface area (Å²) in [6, 6.07) is 13.8. The lowest BCUT2D eigenvalue weighted by atomic mass is 10.1. The molecule has 2 aromatic rings. The van der Waals surface area contributed by atoms with Crippen molar-refractivity contribution in [2.45, 2.75) is 19.8 Å². The highest BCUT2D eigenvalue weighted by Gasteiger charge is 2.13. The normalized spacial score (nSPS) is 12.7. The number of fused-ring (bicyclic) bond motifs is 1. The molecule has 1 aliphatic heterocycles. The van der Waals surface area contributed by atoms with Crippen molar-refractivity contribution in [3.8, 4) is 17.2 Å². The Bertz CT molecular complexity index is 814. The first kappa shape index (κ1) is 20.0. The van der Waals surface area contributed by atoms with Crippen LogP contribution in [0.4, 0.5) is 0 Å². The molecule has 0 saturated carbocycles. The maximum Gasteiger partial charge on any atom is 0.231 e. The highest BCUT2D eigenvalue weighted by atomic mass is 16.7. The summed E-state index contributed by atoms with van der Waals surface area (Å²) >= 11 is 0. The van der Waals surface area contributed by atoms with E-state index in [1.54, 1.807) is 6.08 Å². The molecule has 0 spiro atoms. The summed E-state index contributed by atoms with van der Waals surface area (Å²) in [5.41, 5.74) is 2.20. The van der Waals surface area contributed by atoms with Crippen LogP contribution >= 0.6 is 0 Å². The summed E-state index contributed by atoms with van der Waals surface area (Å²) in [4.78, 5) is 14.3. The van der Waals surface area contributed by atoms with E-state index in [2.05, 4.69) is 11.0 Å². The number of benzene rings is 2. The lowest BCUT2D eigenvalue weighted by Crippen LogP contribution is -2.24. The van der Waals surface area contributed by atoms with Crippen LogP contribution in [-0.4, -0.2) is 44.2 Å². The van der Waals surface area contributed by atoms with Crippen molar-refractivity contribution in [3.63, 3.8) is 0 Å². The lowest BCUT2D eigenvalue weighted by molar-refractivity contribution is -0.114. The van der Waals surface area contributed by atoms with Gasteiger partial charge in [0.1, 0.15) is 5.75 Å². The van der Waals surface area contributed by atoms with Crippen LogP contribution in [-0.2, 0) is 11.2 Å². The first-order valence-corrected chi connectivity index (χ1v) is 9.65. The maximum absolute atomic E-state index is 12.1. The van der Waals surface area contributed by atoms with Crippen LogP contribution in [0.3, 0.4) is 0 Å². The standard InChI is InChI=1S/C23H27NO4/c1-3-26-21-9-5-18(6-10-21)4-8-20(25)13-15-24(2)14-12-19-7-11-22-23(16-19)28-17-27-22/h4-11,16H,3,12-15,17H2,1-2H3/b8-4+. The van der Waals surface area contributed by atoms with E-state index >= 15 is 0 Å². The van der Waals surface area contributed by atoms with Gasteiger partial charge in [0.05, 0.1) is 6.61 Å². The highest BCUT2D eigenvalue weighted by Crippen LogP contribution is 2.32. The second-order valence-electron chi connectivity index (χ2n) is 6.79. The summed E-state index contributed by atoms with van der Waals surface area (Å²) in [6.07, 6.45) is 4.92. The van der Waals surface area contributed by atoms with E-state index in [0.717, 1.165) is 42.3 Å². The Kier molecular flexibility index (Phi) is 7.09. The molecule has 0 aliphatic carbocycles. The molecule has 0 atom stereocenters. The number of nitrogens with zero attached hydrogens (tertiary/aromatic N) is 1. The third-order valence-electron chi connectivity index (χ3n) is 4.61. The minimum absolute atomic E-state index is 0.129. The number of allylic oxidation sites excluding steroid dienone is 1. The molecule has 2 aromatic carbocycles. The zero-order valence-electron chi connectivity index (χ0n) is 16.5. The Hall–Kier alpha value is -2.79. The van der Waals surface area contributed by atoms with Crippen LogP contribution in [0.15, 0.2) is 48.5 Å². The molecule has 0 amide bonds. The number of likely N-dealkylation sites (N-methyl/N-ethyl adjacent to an activating group) is 1. The topological polar surface area (TPSA) is 48.0 Å². The van der Waals surface area contributed by atoms with Gasteiger partial charge in [-0.3, -0.25) is 4.79 Å². The molecule has 0 N–H and O–H groups in total. The Labute approximate surface area is 166 Å². The van der Waals surface area contributed by atoms with Gasteiger partial charge in [-0.15, -0.1) is 0 Å². The number of carbonyl (C=O) groups excluding carboxylic acids is 1. The van der Waals surface area contributed by atoms with Crippen molar-refractivity contribution < 1.29 is 19.0 Å². The minimum Gasteiger partial charge on any atom is -0.494 e. The highest BCUT2D eigenvalue weighted by molar-refractivity contribution is 5.93.